The molecule has 1 aliphatic heterocycles. The molecule has 1 aliphatic rings. The molecule has 0 bridgehead atoms. The van der Waals surface area contributed by atoms with Crippen LogP contribution in [0, 0.1) is 5.82 Å². The van der Waals surface area contributed by atoms with Gasteiger partial charge in [0, 0.05) is 32.3 Å². The molecule has 0 saturated carbocycles. The minimum absolute atomic E-state index is 0.0360. The predicted molar refractivity (Wildman–Crippen MR) is 134 cm³/mol. The fourth-order valence-corrected chi connectivity index (χ4v) is 5.22. The van der Waals surface area contributed by atoms with Gasteiger partial charge in [-0.15, -0.1) is 10.2 Å². The zero-order chi connectivity index (χ0) is 26.6. The fraction of sp³-hybridized carbons (Fsp3) is 0.400. The van der Waals surface area contributed by atoms with Gasteiger partial charge in [-0.25, -0.2) is 4.39 Å². The lowest BCUT2D eigenvalue weighted by molar-refractivity contribution is -0.139. The number of pyridine rings is 1. The number of benzene rings is 1. The first-order valence-corrected chi connectivity index (χ1v) is 12.2. The van der Waals surface area contributed by atoms with Gasteiger partial charge in [-0.3, -0.25) is 14.4 Å². The Morgan fingerprint density at radius 2 is 1.83 bits per heavy atom. The Hall–Kier alpha value is -3.60. The highest BCUT2D eigenvalue weighted by Crippen LogP contribution is 2.37. The Morgan fingerprint density at radius 1 is 1.19 bits per heavy atom. The van der Waals surface area contributed by atoms with Crippen LogP contribution >= 0.6 is 11.3 Å². The van der Waals surface area contributed by atoms with E-state index in [4.69, 9.17) is 0 Å². The maximum atomic E-state index is 13.4. The number of nitrogens with zero attached hydrogens (tertiary/aromatic N) is 5. The number of rotatable bonds is 4. The Morgan fingerprint density at radius 3 is 2.42 bits per heavy atom. The van der Waals surface area contributed by atoms with E-state index in [-0.39, 0.29) is 34.5 Å². The first-order chi connectivity index (χ1) is 16.7. The molecule has 0 fully saturated rings. The van der Waals surface area contributed by atoms with Crippen LogP contribution in [0.2, 0.25) is 0 Å². The van der Waals surface area contributed by atoms with Crippen molar-refractivity contribution in [3.05, 3.63) is 62.8 Å². The third-order valence-corrected chi connectivity index (χ3v) is 7.23. The number of hydrogen-bond acceptors (Lipinski definition) is 7. The summed E-state index contributed by atoms with van der Waals surface area (Å²) in [5.41, 5.74) is -2.10. The number of hydrogen-bond donors (Lipinski definition) is 1. The summed E-state index contributed by atoms with van der Waals surface area (Å²) in [6.07, 6.45) is 1.80. The van der Waals surface area contributed by atoms with E-state index in [0.717, 1.165) is 16.9 Å². The van der Waals surface area contributed by atoms with Crippen LogP contribution in [0.25, 0.3) is 10.6 Å². The van der Waals surface area contributed by atoms with Gasteiger partial charge in [0.05, 0.1) is 12.1 Å². The molecule has 0 saturated heterocycles. The number of halogens is 1. The summed E-state index contributed by atoms with van der Waals surface area (Å²) in [6.45, 7) is 7.21. The Bertz CT molecular complexity index is 1410. The van der Waals surface area contributed by atoms with Crippen molar-refractivity contribution >= 4 is 23.2 Å². The maximum Gasteiger partial charge on any atom is 0.275 e. The van der Waals surface area contributed by atoms with E-state index in [0.29, 0.717) is 11.4 Å². The summed E-state index contributed by atoms with van der Waals surface area (Å²) in [5.74, 6) is -1.92. The molecule has 0 aliphatic carbocycles. The SMILES string of the molecule is CN(C)C(=O)[C@@]1(C)CN(C(C)(C)C)C(=O)c2c(O)c(=O)c(-c3nnc(Cc4ccc(F)cc4)s3)cn21. The van der Waals surface area contributed by atoms with Gasteiger partial charge in [0.15, 0.2) is 16.5 Å². The first kappa shape index (κ1) is 25.5. The Balaban J connectivity index is 1.85. The lowest BCUT2D eigenvalue weighted by Gasteiger charge is -2.48. The van der Waals surface area contributed by atoms with Gasteiger partial charge in [-0.2, -0.15) is 0 Å². The van der Waals surface area contributed by atoms with E-state index in [9.17, 15) is 23.9 Å². The summed E-state index contributed by atoms with van der Waals surface area (Å²) in [5, 5.41) is 20.1. The van der Waals surface area contributed by atoms with Gasteiger partial charge in [-0.05, 0) is 45.4 Å². The monoisotopic (exact) mass is 513 g/mol. The molecular weight excluding hydrogens is 485 g/mol. The van der Waals surface area contributed by atoms with Gasteiger partial charge in [0.2, 0.25) is 11.3 Å². The highest BCUT2D eigenvalue weighted by molar-refractivity contribution is 7.14. The van der Waals surface area contributed by atoms with E-state index < -0.39 is 28.2 Å². The van der Waals surface area contributed by atoms with E-state index >= 15 is 0 Å². The number of likely N-dealkylation sites (N-methyl/N-ethyl adjacent to an activating group) is 1. The Labute approximate surface area is 211 Å². The molecule has 3 aromatic rings. The standard InChI is InChI=1S/C25H28FN5O4S/c1-24(2,3)31-13-25(4,23(35)29(5)6)30-12-16(19(32)20(33)18(30)22(31)34)21-28-27-17(36-21)11-14-7-9-15(26)10-8-14/h7-10,12,33H,11,13H2,1-6H3/t25-/m1/s1. The molecule has 1 atom stereocenters. The topological polar surface area (TPSA) is 109 Å². The Kier molecular flexibility index (Phi) is 6.24. The van der Waals surface area contributed by atoms with Crippen molar-refractivity contribution in [1.29, 1.82) is 0 Å². The van der Waals surface area contributed by atoms with Crippen LogP contribution in [-0.4, -0.2) is 67.7 Å². The van der Waals surface area contributed by atoms with Crippen molar-refractivity contribution in [2.24, 2.45) is 0 Å². The smallest absolute Gasteiger partial charge is 0.275 e. The highest BCUT2D eigenvalue weighted by Gasteiger charge is 2.49. The van der Waals surface area contributed by atoms with E-state index in [1.807, 2.05) is 20.8 Å². The van der Waals surface area contributed by atoms with Crippen LogP contribution in [-0.2, 0) is 16.8 Å². The number of carbonyl (C=O) groups is 2. The van der Waals surface area contributed by atoms with Gasteiger partial charge in [-0.1, -0.05) is 23.5 Å². The second-order valence-corrected chi connectivity index (χ2v) is 11.3. The van der Waals surface area contributed by atoms with E-state index in [2.05, 4.69) is 10.2 Å². The van der Waals surface area contributed by atoms with Crippen molar-refractivity contribution in [3.8, 4) is 16.3 Å². The van der Waals surface area contributed by atoms with Crippen LogP contribution in [0.3, 0.4) is 0 Å². The lowest BCUT2D eigenvalue weighted by atomic mass is 9.90. The summed E-state index contributed by atoms with van der Waals surface area (Å²) in [6, 6.07) is 5.99. The molecule has 2 amide bonds. The zero-order valence-corrected chi connectivity index (χ0v) is 21.8. The van der Waals surface area contributed by atoms with Crippen molar-refractivity contribution < 1.29 is 19.1 Å². The molecule has 36 heavy (non-hydrogen) atoms. The minimum atomic E-state index is -1.29. The number of fused-ring (bicyclic) bond motifs is 1. The van der Waals surface area contributed by atoms with Crippen molar-refractivity contribution in [3.63, 3.8) is 0 Å². The summed E-state index contributed by atoms with van der Waals surface area (Å²) < 4.78 is 14.6. The van der Waals surface area contributed by atoms with Crippen LogP contribution in [0.1, 0.15) is 48.8 Å². The highest BCUT2D eigenvalue weighted by atomic mass is 32.1. The summed E-state index contributed by atoms with van der Waals surface area (Å²) >= 11 is 1.15. The largest absolute Gasteiger partial charge is 0.503 e. The van der Waals surface area contributed by atoms with Gasteiger partial charge in [0.25, 0.3) is 5.91 Å². The average molecular weight is 514 g/mol. The molecule has 0 spiro atoms. The maximum absolute atomic E-state index is 13.4. The van der Waals surface area contributed by atoms with Crippen molar-refractivity contribution in [2.75, 3.05) is 20.6 Å². The molecule has 2 aromatic heterocycles. The molecule has 1 N–H and O–H groups in total. The number of aromatic hydroxyl groups is 1. The van der Waals surface area contributed by atoms with Gasteiger partial charge in [0.1, 0.15) is 16.4 Å². The van der Waals surface area contributed by atoms with Crippen LogP contribution < -0.4 is 5.43 Å². The van der Waals surface area contributed by atoms with E-state index in [1.54, 1.807) is 33.2 Å². The van der Waals surface area contributed by atoms with Gasteiger partial charge >= 0.3 is 0 Å². The summed E-state index contributed by atoms with van der Waals surface area (Å²) in [4.78, 5) is 43.0. The minimum Gasteiger partial charge on any atom is -0.503 e. The average Bonchev–Trinajstić information content (AvgIpc) is 3.26. The van der Waals surface area contributed by atoms with Crippen LogP contribution in [0.4, 0.5) is 4.39 Å². The molecule has 0 radical (unpaired) electrons. The van der Waals surface area contributed by atoms with Crippen LogP contribution in [0.15, 0.2) is 35.3 Å². The normalized spacial score (nSPS) is 17.8. The predicted octanol–water partition coefficient (Wildman–Crippen LogP) is 2.86. The first-order valence-electron chi connectivity index (χ1n) is 11.3. The number of carbonyl (C=O) groups excluding carboxylic acids is 2. The number of aromatic nitrogens is 3. The third-order valence-electron chi connectivity index (χ3n) is 6.27. The van der Waals surface area contributed by atoms with Gasteiger partial charge < -0.3 is 19.5 Å². The fourth-order valence-electron chi connectivity index (χ4n) is 4.34. The second kappa shape index (κ2) is 8.81. The number of amides is 2. The molecular formula is C25H28FN5O4S. The van der Waals surface area contributed by atoms with Crippen molar-refractivity contribution in [1.82, 2.24) is 24.6 Å². The second-order valence-electron chi connectivity index (χ2n) is 10.3. The zero-order valence-electron chi connectivity index (χ0n) is 21.0. The third kappa shape index (κ3) is 4.27. The van der Waals surface area contributed by atoms with E-state index in [1.165, 1.54) is 32.7 Å². The summed E-state index contributed by atoms with van der Waals surface area (Å²) in [7, 11) is 3.22. The molecule has 11 heteroatoms. The molecule has 1 aromatic carbocycles. The molecule has 4 rings (SSSR count). The molecule has 0 unspecified atom stereocenters. The lowest BCUT2D eigenvalue weighted by Crippen LogP contribution is -2.63. The molecule has 3 heterocycles. The van der Waals surface area contributed by atoms with Crippen LogP contribution in [0.5, 0.6) is 5.75 Å². The molecule has 9 nitrogen and oxygen atoms in total. The van der Waals surface area contributed by atoms with Crippen molar-refractivity contribution in [2.45, 2.75) is 45.2 Å². The quantitative estimate of drug-likeness (QED) is 0.575. The molecule has 190 valence electrons.